The molecule has 6 fully saturated rings. The Morgan fingerprint density at radius 2 is 2.23 bits per heavy atom. The summed E-state index contributed by atoms with van der Waals surface area (Å²) < 4.78 is 5.71. The Morgan fingerprint density at radius 3 is 2.92 bits per heavy atom. The van der Waals surface area contributed by atoms with E-state index in [1.165, 1.54) is 6.42 Å². The first kappa shape index (κ1) is 6.18. The van der Waals surface area contributed by atoms with E-state index in [0.29, 0.717) is 23.5 Å². The lowest BCUT2D eigenvalue weighted by atomic mass is 9.38. The normalized spacial score (nSPS) is 78.8. The zero-order valence-corrected chi connectivity index (χ0v) is 7.57. The summed E-state index contributed by atoms with van der Waals surface area (Å²) in [6, 6.07) is 0. The molecule has 0 aliphatic heterocycles. The lowest BCUT2D eigenvalue weighted by Gasteiger charge is -2.70. The molecule has 0 amide bonds. The molecular formula is C11H12O2. The predicted molar refractivity (Wildman–Crippen MR) is 43.8 cm³/mol. The van der Waals surface area contributed by atoms with Crippen LogP contribution in [0.2, 0.25) is 0 Å². The fraction of sp³-hybridized carbons (Fsp3) is 0.909. The monoisotopic (exact) mass is 176 g/mol. The van der Waals surface area contributed by atoms with Crippen LogP contribution in [-0.4, -0.2) is 18.5 Å². The molecule has 0 heterocycles. The zero-order valence-electron chi connectivity index (χ0n) is 7.57. The molecule has 0 N–H and O–H groups in total. The molecule has 2 nitrogen and oxygen atoms in total. The van der Waals surface area contributed by atoms with E-state index >= 15 is 0 Å². The van der Waals surface area contributed by atoms with E-state index in [9.17, 15) is 4.79 Å². The van der Waals surface area contributed by atoms with Gasteiger partial charge in [0.2, 0.25) is 0 Å². The van der Waals surface area contributed by atoms with E-state index in [0.717, 1.165) is 23.7 Å². The molecule has 0 spiro atoms. The third-order valence-electron chi connectivity index (χ3n) is 6.13. The van der Waals surface area contributed by atoms with Gasteiger partial charge in [0.25, 0.3) is 0 Å². The lowest BCUT2D eigenvalue weighted by molar-refractivity contribution is -0.318. The molecule has 68 valence electrons. The Morgan fingerprint density at radius 1 is 1.38 bits per heavy atom. The maximum absolute atomic E-state index is 12.0. The van der Waals surface area contributed by atoms with E-state index in [2.05, 4.69) is 0 Å². The summed E-state index contributed by atoms with van der Waals surface area (Å²) in [6.45, 7) is 0. The van der Waals surface area contributed by atoms with Crippen LogP contribution in [0.4, 0.5) is 0 Å². The number of carbonyl (C=O) groups is 1. The highest BCUT2D eigenvalue weighted by Crippen LogP contribution is 2.89. The van der Waals surface area contributed by atoms with Gasteiger partial charge in [-0.3, -0.25) is 4.79 Å². The average molecular weight is 176 g/mol. The van der Waals surface area contributed by atoms with Crippen molar-refractivity contribution >= 4 is 5.78 Å². The van der Waals surface area contributed by atoms with Crippen LogP contribution in [0.3, 0.4) is 0 Å². The SMILES string of the molecule is CO[C@]12[C@H]3[C@H]4C[C@H]5[C@H]3C(=O)[C@H]1[C@H]5[C@H]42. The number of hydrogen-bond acceptors (Lipinski definition) is 2. The molecular weight excluding hydrogens is 164 g/mol. The minimum atomic E-state index is 0.0874. The molecule has 0 aromatic rings. The Labute approximate surface area is 76.6 Å². The number of hydrogen-bond donors (Lipinski definition) is 0. The number of Topliss-reactive ketones (excluding diaryl/α,β-unsaturated/α-hetero) is 1. The summed E-state index contributed by atoms with van der Waals surface area (Å²) in [7, 11) is 1.82. The standard InChI is InChI=1S/C11H12O2/c1-13-11-7-4-2-3-5(7)9(11)10(12)6(3)8(4)11/h3-9H,2H2,1H3/t3-,4+,5-,6-,7+,8+,9-,11-/m1/s1. The van der Waals surface area contributed by atoms with E-state index in [-0.39, 0.29) is 5.60 Å². The first-order valence-corrected chi connectivity index (χ1v) is 5.41. The van der Waals surface area contributed by atoms with E-state index in [4.69, 9.17) is 4.74 Å². The molecule has 6 rings (SSSR count). The second kappa shape index (κ2) is 1.31. The summed E-state index contributed by atoms with van der Waals surface area (Å²) in [6.07, 6.45) is 1.36. The van der Waals surface area contributed by atoms with Crippen molar-refractivity contribution in [3.8, 4) is 0 Å². The summed E-state index contributed by atoms with van der Waals surface area (Å²) >= 11 is 0. The molecule has 0 saturated heterocycles. The highest BCUT2D eigenvalue weighted by atomic mass is 16.5. The van der Waals surface area contributed by atoms with Gasteiger partial charge in [-0.25, -0.2) is 0 Å². The summed E-state index contributed by atoms with van der Waals surface area (Å²) in [5.41, 5.74) is 0.0874. The summed E-state index contributed by atoms with van der Waals surface area (Å²) in [4.78, 5) is 12.0. The molecule has 13 heavy (non-hydrogen) atoms. The minimum absolute atomic E-state index is 0.0874. The fourth-order valence-corrected chi connectivity index (χ4v) is 6.27. The molecule has 0 radical (unpaired) electrons. The van der Waals surface area contributed by atoms with Gasteiger partial charge in [-0.05, 0) is 30.1 Å². The van der Waals surface area contributed by atoms with Gasteiger partial charge in [-0.2, -0.15) is 0 Å². The Bertz CT molecular complexity index is 363. The van der Waals surface area contributed by atoms with Crippen molar-refractivity contribution in [2.45, 2.75) is 12.0 Å². The van der Waals surface area contributed by atoms with Crippen molar-refractivity contribution < 1.29 is 9.53 Å². The van der Waals surface area contributed by atoms with Crippen molar-refractivity contribution in [3.05, 3.63) is 0 Å². The number of ketones is 1. The molecule has 0 aromatic heterocycles. The molecule has 6 aliphatic carbocycles. The maximum atomic E-state index is 12.0. The molecule has 2 heteroatoms. The summed E-state index contributed by atoms with van der Waals surface area (Å²) in [5.74, 6) is 5.31. The topological polar surface area (TPSA) is 26.3 Å². The largest absolute Gasteiger partial charge is 0.377 e. The Kier molecular flexibility index (Phi) is 0.624. The first-order chi connectivity index (χ1) is 6.32. The Balaban J connectivity index is 1.84. The molecule has 0 unspecified atom stereocenters. The second-order valence-corrected chi connectivity index (χ2v) is 5.66. The van der Waals surface area contributed by atoms with Crippen LogP contribution in [-0.2, 0) is 9.53 Å². The third-order valence-corrected chi connectivity index (χ3v) is 6.13. The van der Waals surface area contributed by atoms with Crippen LogP contribution >= 0.6 is 0 Å². The van der Waals surface area contributed by atoms with Crippen molar-refractivity contribution in [2.24, 2.45) is 41.4 Å². The van der Waals surface area contributed by atoms with Crippen molar-refractivity contribution in [3.63, 3.8) is 0 Å². The molecule has 6 saturated carbocycles. The molecule has 0 aromatic carbocycles. The zero-order chi connectivity index (χ0) is 8.53. The van der Waals surface area contributed by atoms with Gasteiger partial charge in [0.1, 0.15) is 5.78 Å². The number of carbonyl (C=O) groups excluding carboxylic acids is 1. The number of rotatable bonds is 1. The van der Waals surface area contributed by atoms with Gasteiger partial charge in [-0.15, -0.1) is 0 Å². The van der Waals surface area contributed by atoms with Crippen LogP contribution in [0.15, 0.2) is 0 Å². The van der Waals surface area contributed by atoms with Crippen LogP contribution in [0, 0.1) is 41.4 Å². The highest BCUT2D eigenvalue weighted by molar-refractivity contribution is 5.95. The quantitative estimate of drug-likeness (QED) is 0.588. The maximum Gasteiger partial charge on any atom is 0.142 e. The highest BCUT2D eigenvalue weighted by Gasteiger charge is 2.94. The number of ether oxygens (including phenoxy) is 1. The van der Waals surface area contributed by atoms with Gasteiger partial charge >= 0.3 is 0 Å². The first-order valence-electron chi connectivity index (χ1n) is 5.41. The van der Waals surface area contributed by atoms with Gasteiger partial charge < -0.3 is 4.74 Å². The van der Waals surface area contributed by atoms with Gasteiger partial charge in [0.05, 0.1) is 11.5 Å². The van der Waals surface area contributed by atoms with E-state index in [1.54, 1.807) is 0 Å². The third kappa shape index (κ3) is 0.293. The van der Waals surface area contributed by atoms with Crippen molar-refractivity contribution in [2.75, 3.05) is 7.11 Å². The second-order valence-electron chi connectivity index (χ2n) is 5.66. The average Bonchev–Trinajstić information content (AvgIpc) is 2.60. The molecule has 8 atom stereocenters. The van der Waals surface area contributed by atoms with E-state index in [1.807, 2.05) is 7.11 Å². The Hall–Kier alpha value is -0.370. The van der Waals surface area contributed by atoms with Crippen molar-refractivity contribution in [1.82, 2.24) is 0 Å². The van der Waals surface area contributed by atoms with Crippen LogP contribution in [0.5, 0.6) is 0 Å². The van der Waals surface area contributed by atoms with Crippen LogP contribution in [0.1, 0.15) is 6.42 Å². The smallest absolute Gasteiger partial charge is 0.142 e. The van der Waals surface area contributed by atoms with E-state index < -0.39 is 0 Å². The predicted octanol–water partition coefficient (Wildman–Crippen LogP) is 0.712. The molecule has 4 bridgehead atoms. The minimum Gasteiger partial charge on any atom is -0.377 e. The summed E-state index contributed by atoms with van der Waals surface area (Å²) in [5, 5.41) is 0. The van der Waals surface area contributed by atoms with Gasteiger partial charge in [0, 0.05) is 18.9 Å². The molecule has 6 aliphatic rings. The fourth-order valence-electron chi connectivity index (χ4n) is 6.27. The lowest BCUT2D eigenvalue weighted by Crippen LogP contribution is -2.76. The van der Waals surface area contributed by atoms with Crippen LogP contribution in [0.25, 0.3) is 0 Å². The number of methoxy groups -OCH3 is 1. The van der Waals surface area contributed by atoms with Crippen molar-refractivity contribution in [1.29, 1.82) is 0 Å². The van der Waals surface area contributed by atoms with Crippen LogP contribution < -0.4 is 0 Å². The van der Waals surface area contributed by atoms with Gasteiger partial charge in [-0.1, -0.05) is 0 Å². The van der Waals surface area contributed by atoms with Gasteiger partial charge in [0.15, 0.2) is 0 Å².